The van der Waals surface area contributed by atoms with E-state index in [4.69, 9.17) is 4.74 Å². The second kappa shape index (κ2) is 4.84. The minimum absolute atomic E-state index is 0.0919. The van der Waals surface area contributed by atoms with E-state index in [1.165, 1.54) is 10.9 Å². The Morgan fingerprint density at radius 3 is 2.79 bits per heavy atom. The first-order valence-corrected chi connectivity index (χ1v) is 5.71. The van der Waals surface area contributed by atoms with E-state index in [1.54, 1.807) is 7.05 Å². The van der Waals surface area contributed by atoms with Gasteiger partial charge in [0.25, 0.3) is 0 Å². The third-order valence-electron chi connectivity index (χ3n) is 3.20. The normalized spacial score (nSPS) is 17.9. The van der Waals surface area contributed by atoms with Gasteiger partial charge in [0.05, 0.1) is 0 Å². The fourth-order valence-electron chi connectivity index (χ4n) is 2.03. The molecule has 2 N–H and O–H groups in total. The summed E-state index contributed by atoms with van der Waals surface area (Å²) in [5.74, 6) is -1.34. The monoisotopic (exact) mass is 270 g/mol. The lowest BCUT2D eigenvalue weighted by atomic mass is 9.90. The Morgan fingerprint density at radius 2 is 2.26 bits per heavy atom. The smallest absolute Gasteiger partial charge is 0.406 e. The molecular formula is C10H14N4O5. The summed E-state index contributed by atoms with van der Waals surface area (Å²) in [6.45, 7) is 0.593. The molecule has 0 aromatic carbocycles. The van der Waals surface area contributed by atoms with Crippen LogP contribution in [0.3, 0.4) is 0 Å². The quantitative estimate of drug-likeness (QED) is 0.599. The highest BCUT2D eigenvalue weighted by Gasteiger charge is 2.42. The van der Waals surface area contributed by atoms with Gasteiger partial charge in [-0.15, -0.1) is 0 Å². The number of ether oxygens (including phenoxy) is 1. The molecule has 0 bridgehead atoms. The lowest BCUT2D eigenvalue weighted by molar-refractivity contribution is -0.388. The number of carbonyl (C=O) groups is 1. The Hall–Kier alpha value is -2.16. The van der Waals surface area contributed by atoms with E-state index in [-0.39, 0.29) is 24.5 Å². The van der Waals surface area contributed by atoms with Crippen molar-refractivity contribution in [3.05, 3.63) is 16.4 Å². The van der Waals surface area contributed by atoms with Gasteiger partial charge in [-0.05, 0) is 9.91 Å². The van der Waals surface area contributed by atoms with Crippen molar-refractivity contribution < 1.29 is 19.6 Å². The molecule has 0 radical (unpaired) electrons. The number of carboxylic acids is 1. The van der Waals surface area contributed by atoms with Crippen LogP contribution < -0.4 is 5.32 Å². The first-order chi connectivity index (χ1) is 8.96. The highest BCUT2D eigenvalue weighted by atomic mass is 16.6. The van der Waals surface area contributed by atoms with Crippen LogP contribution in [0.4, 0.5) is 11.6 Å². The highest BCUT2D eigenvalue weighted by Crippen LogP contribution is 2.30. The van der Waals surface area contributed by atoms with Gasteiger partial charge in [-0.3, -0.25) is 4.57 Å². The van der Waals surface area contributed by atoms with E-state index in [1.807, 2.05) is 0 Å². The highest BCUT2D eigenvalue weighted by molar-refractivity contribution is 5.83. The lowest BCUT2D eigenvalue weighted by Gasteiger charge is -2.34. The number of aliphatic carboxylic acids is 1. The maximum absolute atomic E-state index is 11.5. The fourth-order valence-corrected chi connectivity index (χ4v) is 2.03. The van der Waals surface area contributed by atoms with Crippen LogP contribution in [0.15, 0.2) is 6.33 Å². The van der Waals surface area contributed by atoms with Gasteiger partial charge in [-0.2, -0.15) is 0 Å². The van der Waals surface area contributed by atoms with Crippen molar-refractivity contribution in [2.45, 2.75) is 18.4 Å². The summed E-state index contributed by atoms with van der Waals surface area (Å²) in [5, 5.41) is 23.0. The Balaban J connectivity index is 2.34. The Kier molecular flexibility index (Phi) is 3.38. The standard InChI is InChI=1S/C10H14N4O5/c1-13-6-11-7(14(17)18)8(13)12-10(9(15)16)2-4-19-5-3-10/h6,12H,2-5H2,1H3,(H,15,16). The van der Waals surface area contributed by atoms with E-state index in [9.17, 15) is 20.0 Å². The molecule has 2 rings (SSSR count). The molecule has 1 aromatic heterocycles. The summed E-state index contributed by atoms with van der Waals surface area (Å²) in [4.78, 5) is 25.4. The zero-order chi connectivity index (χ0) is 14.0. The van der Waals surface area contributed by atoms with E-state index >= 15 is 0 Å². The molecule has 1 aromatic rings. The maximum atomic E-state index is 11.5. The Labute approximate surface area is 108 Å². The number of hydrogen-bond acceptors (Lipinski definition) is 6. The number of carboxylic acid groups (broad SMARTS) is 1. The van der Waals surface area contributed by atoms with Crippen molar-refractivity contribution in [3.63, 3.8) is 0 Å². The zero-order valence-corrected chi connectivity index (χ0v) is 10.3. The number of rotatable bonds is 4. The number of imidazole rings is 1. The van der Waals surface area contributed by atoms with Crippen molar-refractivity contribution in [1.29, 1.82) is 0 Å². The molecule has 1 aliphatic rings. The first kappa shape index (κ1) is 13.3. The van der Waals surface area contributed by atoms with Crippen molar-refractivity contribution in [3.8, 4) is 0 Å². The van der Waals surface area contributed by atoms with Gasteiger partial charge in [-0.1, -0.05) is 0 Å². The second-order valence-corrected chi connectivity index (χ2v) is 4.41. The zero-order valence-electron chi connectivity index (χ0n) is 10.3. The topological polar surface area (TPSA) is 120 Å². The number of nitrogens with one attached hydrogen (secondary N) is 1. The number of hydrogen-bond donors (Lipinski definition) is 2. The van der Waals surface area contributed by atoms with E-state index in [0.717, 1.165) is 0 Å². The SMILES string of the molecule is Cn1cnc([N+](=O)[O-])c1NC1(C(=O)O)CCOCC1. The number of nitro groups is 1. The van der Waals surface area contributed by atoms with Gasteiger partial charge in [0, 0.05) is 33.1 Å². The second-order valence-electron chi connectivity index (χ2n) is 4.41. The van der Waals surface area contributed by atoms with Gasteiger partial charge in [0.2, 0.25) is 12.1 Å². The van der Waals surface area contributed by atoms with Crippen LogP contribution in [0, 0.1) is 10.1 Å². The number of aromatic nitrogens is 2. The number of nitrogens with zero attached hydrogens (tertiary/aromatic N) is 3. The molecule has 9 nitrogen and oxygen atoms in total. The first-order valence-electron chi connectivity index (χ1n) is 5.71. The lowest BCUT2D eigenvalue weighted by Crippen LogP contribution is -2.50. The molecule has 1 aliphatic heterocycles. The number of aryl methyl sites for hydroxylation is 1. The van der Waals surface area contributed by atoms with Crippen LogP contribution in [0.25, 0.3) is 0 Å². The van der Waals surface area contributed by atoms with Crippen LogP contribution >= 0.6 is 0 Å². The molecule has 1 saturated heterocycles. The molecule has 1 fully saturated rings. The summed E-state index contributed by atoms with van der Waals surface area (Å²) >= 11 is 0. The van der Waals surface area contributed by atoms with Crippen molar-refractivity contribution in [2.24, 2.45) is 7.05 Å². The van der Waals surface area contributed by atoms with E-state index in [2.05, 4.69) is 10.3 Å². The summed E-state index contributed by atoms with van der Waals surface area (Å²) in [5.41, 5.74) is -1.25. The molecule has 0 amide bonds. The summed E-state index contributed by atoms with van der Waals surface area (Å²) < 4.78 is 6.54. The minimum Gasteiger partial charge on any atom is -0.480 e. The van der Waals surface area contributed by atoms with Crippen LogP contribution in [0.2, 0.25) is 0 Å². The summed E-state index contributed by atoms with van der Waals surface area (Å²) in [6, 6.07) is 0. The largest absolute Gasteiger partial charge is 0.480 e. The van der Waals surface area contributed by atoms with Crippen molar-refractivity contribution >= 4 is 17.6 Å². The van der Waals surface area contributed by atoms with Crippen LogP contribution in [0.1, 0.15) is 12.8 Å². The van der Waals surface area contributed by atoms with Crippen molar-refractivity contribution in [1.82, 2.24) is 9.55 Å². The third kappa shape index (κ3) is 2.36. The molecule has 0 aliphatic carbocycles. The van der Waals surface area contributed by atoms with E-state index in [0.29, 0.717) is 13.2 Å². The maximum Gasteiger partial charge on any atom is 0.406 e. The third-order valence-corrected chi connectivity index (χ3v) is 3.20. The molecule has 0 spiro atoms. The van der Waals surface area contributed by atoms with Gasteiger partial charge in [0.1, 0.15) is 5.54 Å². The average Bonchev–Trinajstić information content (AvgIpc) is 2.72. The van der Waals surface area contributed by atoms with Gasteiger partial charge in [-0.25, -0.2) is 4.79 Å². The minimum atomic E-state index is -1.25. The summed E-state index contributed by atoms with van der Waals surface area (Å²) in [7, 11) is 1.57. The van der Waals surface area contributed by atoms with Crippen molar-refractivity contribution in [2.75, 3.05) is 18.5 Å². The molecule has 0 unspecified atom stereocenters. The molecule has 9 heteroatoms. The molecule has 19 heavy (non-hydrogen) atoms. The van der Waals surface area contributed by atoms with Crippen LogP contribution in [0.5, 0.6) is 0 Å². The molecular weight excluding hydrogens is 256 g/mol. The number of anilines is 1. The molecule has 2 heterocycles. The Morgan fingerprint density at radius 1 is 1.63 bits per heavy atom. The van der Waals surface area contributed by atoms with Crippen LogP contribution in [-0.2, 0) is 16.6 Å². The predicted molar refractivity (Wildman–Crippen MR) is 63.9 cm³/mol. The van der Waals surface area contributed by atoms with Gasteiger partial charge in [0.15, 0.2) is 0 Å². The molecule has 0 atom stereocenters. The summed E-state index contributed by atoms with van der Waals surface area (Å²) in [6.07, 6.45) is 1.75. The molecule has 0 saturated carbocycles. The van der Waals surface area contributed by atoms with Gasteiger partial charge >= 0.3 is 11.8 Å². The fraction of sp³-hybridized carbons (Fsp3) is 0.600. The molecule has 104 valence electrons. The predicted octanol–water partition coefficient (Wildman–Crippen LogP) is 0.374. The Bertz CT molecular complexity index is 506. The van der Waals surface area contributed by atoms with E-state index < -0.39 is 16.4 Å². The average molecular weight is 270 g/mol. The van der Waals surface area contributed by atoms with Gasteiger partial charge < -0.3 is 25.3 Å². The van der Waals surface area contributed by atoms with Crippen LogP contribution in [-0.4, -0.2) is 44.3 Å².